The second-order valence-electron chi connectivity index (χ2n) is 2.60. The maximum atomic E-state index is 5.96. The molecule has 15 heavy (non-hydrogen) atoms. The van der Waals surface area contributed by atoms with Crippen LogP contribution in [0.15, 0.2) is 30.5 Å². The highest BCUT2D eigenvalue weighted by molar-refractivity contribution is 6.35. The molecule has 0 spiro atoms. The standard InChI is InChI=1S/C9H8ClN.2C2H6/c1-11-6-5-7-8(10)3-2-4-9(7)11;2*1-2/h2-6H,1H3;2*1-2H3. The van der Waals surface area contributed by atoms with Gasteiger partial charge in [-0.2, -0.15) is 0 Å². The van der Waals surface area contributed by atoms with Crippen molar-refractivity contribution in [3.63, 3.8) is 0 Å². The van der Waals surface area contributed by atoms with Crippen LogP contribution >= 0.6 is 11.6 Å². The minimum absolute atomic E-state index is 0.822. The molecule has 1 aromatic heterocycles. The minimum atomic E-state index is 0.822. The van der Waals surface area contributed by atoms with Crippen molar-refractivity contribution in [2.75, 3.05) is 0 Å². The molecule has 0 fully saturated rings. The van der Waals surface area contributed by atoms with Crippen molar-refractivity contribution in [1.82, 2.24) is 4.57 Å². The van der Waals surface area contributed by atoms with Crippen LogP contribution in [0.4, 0.5) is 0 Å². The summed E-state index contributed by atoms with van der Waals surface area (Å²) in [6.45, 7) is 8.00. The van der Waals surface area contributed by atoms with Gasteiger partial charge in [0.2, 0.25) is 0 Å². The molecule has 2 rings (SSSR count). The van der Waals surface area contributed by atoms with Gasteiger partial charge >= 0.3 is 0 Å². The van der Waals surface area contributed by atoms with Crippen molar-refractivity contribution >= 4 is 22.5 Å². The van der Waals surface area contributed by atoms with E-state index in [2.05, 4.69) is 10.6 Å². The molecule has 0 radical (unpaired) electrons. The third-order valence-corrected chi connectivity index (χ3v) is 2.20. The van der Waals surface area contributed by atoms with Crippen LogP contribution in [-0.2, 0) is 7.05 Å². The molecular weight excluding hydrogens is 206 g/mol. The van der Waals surface area contributed by atoms with E-state index in [1.165, 1.54) is 5.52 Å². The number of benzene rings is 1. The Hall–Kier alpha value is -0.950. The van der Waals surface area contributed by atoms with Crippen LogP contribution in [0.3, 0.4) is 0 Å². The molecule has 0 aliphatic heterocycles. The van der Waals surface area contributed by atoms with Gasteiger partial charge in [-0.25, -0.2) is 0 Å². The van der Waals surface area contributed by atoms with Gasteiger partial charge in [0, 0.05) is 29.2 Å². The van der Waals surface area contributed by atoms with Crippen LogP contribution in [0.25, 0.3) is 10.9 Å². The fourth-order valence-electron chi connectivity index (χ4n) is 1.26. The van der Waals surface area contributed by atoms with Gasteiger partial charge in [0.25, 0.3) is 0 Å². The molecule has 0 unspecified atom stereocenters. The van der Waals surface area contributed by atoms with Gasteiger partial charge < -0.3 is 4.57 Å². The number of fused-ring (bicyclic) bond motifs is 1. The normalized spacial score (nSPS) is 8.67. The summed E-state index contributed by atoms with van der Waals surface area (Å²) >= 11 is 5.96. The summed E-state index contributed by atoms with van der Waals surface area (Å²) in [7, 11) is 2.01. The van der Waals surface area contributed by atoms with Crippen molar-refractivity contribution in [3.05, 3.63) is 35.5 Å². The van der Waals surface area contributed by atoms with Crippen molar-refractivity contribution in [1.29, 1.82) is 0 Å². The molecule has 0 saturated heterocycles. The van der Waals surface area contributed by atoms with Gasteiger partial charge in [0.1, 0.15) is 0 Å². The first-order chi connectivity index (χ1) is 7.29. The van der Waals surface area contributed by atoms with Gasteiger partial charge in [-0.1, -0.05) is 45.4 Å². The van der Waals surface area contributed by atoms with Gasteiger partial charge in [-0.05, 0) is 18.2 Å². The summed E-state index contributed by atoms with van der Waals surface area (Å²) in [5.74, 6) is 0. The average Bonchev–Trinajstić information content (AvgIpc) is 2.68. The Bertz CT molecular complexity index is 390. The fourth-order valence-corrected chi connectivity index (χ4v) is 1.50. The maximum Gasteiger partial charge on any atom is 0.0499 e. The molecule has 0 aliphatic rings. The highest BCUT2D eigenvalue weighted by Gasteiger charge is 1.99. The van der Waals surface area contributed by atoms with E-state index in [0.717, 1.165) is 10.4 Å². The maximum absolute atomic E-state index is 5.96. The first-order valence-electron chi connectivity index (χ1n) is 5.48. The Balaban J connectivity index is 0.000000442. The van der Waals surface area contributed by atoms with Crippen LogP contribution in [0.1, 0.15) is 27.7 Å². The molecule has 0 atom stereocenters. The van der Waals surface area contributed by atoms with E-state index < -0.39 is 0 Å². The van der Waals surface area contributed by atoms with Gasteiger partial charge in [0.05, 0.1) is 0 Å². The number of aromatic nitrogens is 1. The third-order valence-electron chi connectivity index (χ3n) is 1.87. The molecule has 1 aromatic carbocycles. The van der Waals surface area contributed by atoms with E-state index in [4.69, 9.17) is 11.6 Å². The number of nitrogens with zero attached hydrogens (tertiary/aromatic N) is 1. The quantitative estimate of drug-likeness (QED) is 0.602. The lowest BCUT2D eigenvalue weighted by molar-refractivity contribution is 0.969. The molecule has 1 nitrogen and oxygen atoms in total. The second kappa shape index (κ2) is 7.36. The average molecular weight is 226 g/mol. The number of hydrogen-bond acceptors (Lipinski definition) is 0. The minimum Gasteiger partial charge on any atom is -0.351 e. The Kier molecular flexibility index (Phi) is 6.89. The summed E-state index contributed by atoms with van der Waals surface area (Å²) in [6, 6.07) is 7.95. The fraction of sp³-hybridized carbons (Fsp3) is 0.385. The van der Waals surface area contributed by atoms with Crippen LogP contribution in [0.5, 0.6) is 0 Å². The van der Waals surface area contributed by atoms with Crippen LogP contribution in [0.2, 0.25) is 5.02 Å². The van der Waals surface area contributed by atoms with E-state index in [9.17, 15) is 0 Å². The number of halogens is 1. The predicted octanol–water partition coefficient (Wildman–Crippen LogP) is 4.88. The molecule has 1 heterocycles. The lowest BCUT2D eigenvalue weighted by Crippen LogP contribution is -1.82. The van der Waals surface area contributed by atoms with Crippen molar-refractivity contribution in [2.24, 2.45) is 7.05 Å². The van der Waals surface area contributed by atoms with Crippen molar-refractivity contribution < 1.29 is 0 Å². The summed E-state index contributed by atoms with van der Waals surface area (Å²) < 4.78 is 2.06. The molecule has 84 valence electrons. The number of hydrogen-bond donors (Lipinski definition) is 0. The van der Waals surface area contributed by atoms with Crippen LogP contribution < -0.4 is 0 Å². The molecule has 2 heteroatoms. The first kappa shape index (κ1) is 14.1. The molecule has 2 aromatic rings. The van der Waals surface area contributed by atoms with Crippen molar-refractivity contribution in [3.8, 4) is 0 Å². The van der Waals surface area contributed by atoms with Gasteiger partial charge in [0.15, 0.2) is 0 Å². The molecule has 0 amide bonds. The Morgan fingerprint density at radius 2 is 1.60 bits per heavy atom. The third kappa shape index (κ3) is 3.28. The van der Waals surface area contributed by atoms with E-state index >= 15 is 0 Å². The van der Waals surface area contributed by atoms with E-state index in [1.807, 2.05) is 59.1 Å². The summed E-state index contributed by atoms with van der Waals surface area (Å²) in [5.41, 5.74) is 1.18. The predicted molar refractivity (Wildman–Crippen MR) is 70.6 cm³/mol. The summed E-state index contributed by atoms with van der Waals surface area (Å²) in [6.07, 6.45) is 2.01. The summed E-state index contributed by atoms with van der Waals surface area (Å²) in [5, 5.41) is 1.94. The van der Waals surface area contributed by atoms with E-state index in [-0.39, 0.29) is 0 Å². The monoisotopic (exact) mass is 225 g/mol. The van der Waals surface area contributed by atoms with Crippen molar-refractivity contribution in [2.45, 2.75) is 27.7 Å². The van der Waals surface area contributed by atoms with Crippen LogP contribution in [-0.4, -0.2) is 4.57 Å². The molecule has 0 bridgehead atoms. The zero-order valence-corrected chi connectivity index (χ0v) is 11.0. The smallest absolute Gasteiger partial charge is 0.0499 e. The SMILES string of the molecule is CC.CC.Cn1ccc2c(Cl)cccc21. The zero-order chi connectivity index (χ0) is 11.8. The number of rotatable bonds is 0. The zero-order valence-electron chi connectivity index (χ0n) is 10.2. The van der Waals surface area contributed by atoms with Gasteiger partial charge in [-0.15, -0.1) is 0 Å². The van der Waals surface area contributed by atoms with Crippen LogP contribution in [0, 0.1) is 0 Å². The Morgan fingerprint density at radius 3 is 2.13 bits per heavy atom. The molecule has 0 saturated carbocycles. The van der Waals surface area contributed by atoms with E-state index in [0.29, 0.717) is 0 Å². The van der Waals surface area contributed by atoms with E-state index in [1.54, 1.807) is 0 Å². The Labute approximate surface area is 97.7 Å². The molecule has 0 aliphatic carbocycles. The highest BCUT2D eigenvalue weighted by Crippen LogP contribution is 2.22. The largest absolute Gasteiger partial charge is 0.351 e. The second-order valence-corrected chi connectivity index (χ2v) is 3.01. The molecule has 0 N–H and O–H groups in total. The topological polar surface area (TPSA) is 4.93 Å². The first-order valence-corrected chi connectivity index (χ1v) is 5.86. The summed E-state index contributed by atoms with van der Waals surface area (Å²) in [4.78, 5) is 0. The molecular formula is C13H20ClN. The highest BCUT2D eigenvalue weighted by atomic mass is 35.5. The lowest BCUT2D eigenvalue weighted by atomic mass is 10.2. The number of aryl methyl sites for hydroxylation is 1. The van der Waals surface area contributed by atoms with Gasteiger partial charge in [-0.3, -0.25) is 0 Å². The Morgan fingerprint density at radius 1 is 1.00 bits per heavy atom. The lowest BCUT2D eigenvalue weighted by Gasteiger charge is -1.95.